The zero-order valence-electron chi connectivity index (χ0n) is 10.8. The summed E-state index contributed by atoms with van der Waals surface area (Å²) in [6.07, 6.45) is 6.42. The van der Waals surface area contributed by atoms with Crippen molar-refractivity contribution in [2.24, 2.45) is 17.7 Å². The number of hydrogen-bond acceptors (Lipinski definition) is 3. The van der Waals surface area contributed by atoms with Gasteiger partial charge in [-0.25, -0.2) is 0 Å². The summed E-state index contributed by atoms with van der Waals surface area (Å²) in [6.45, 7) is 0.794. The maximum atomic E-state index is 5.88. The van der Waals surface area contributed by atoms with Crippen LogP contribution in [0.3, 0.4) is 0 Å². The van der Waals surface area contributed by atoms with Gasteiger partial charge in [0.2, 0.25) is 0 Å². The van der Waals surface area contributed by atoms with E-state index in [4.69, 9.17) is 10.6 Å². The first-order valence-electron chi connectivity index (χ1n) is 7.05. The van der Waals surface area contributed by atoms with E-state index in [-0.39, 0.29) is 0 Å². The highest BCUT2D eigenvalue weighted by Crippen LogP contribution is 2.35. The molecule has 3 heteroatoms. The van der Waals surface area contributed by atoms with Crippen molar-refractivity contribution in [3.05, 3.63) is 29.8 Å². The lowest BCUT2D eigenvalue weighted by atomic mass is 9.83. The van der Waals surface area contributed by atoms with Crippen molar-refractivity contribution in [2.75, 3.05) is 6.61 Å². The fraction of sp³-hybridized carbons (Fsp3) is 0.600. The van der Waals surface area contributed by atoms with Crippen LogP contribution in [0.25, 0.3) is 0 Å². The van der Waals surface area contributed by atoms with E-state index >= 15 is 0 Å². The molecular formula is C15H22N2O. The summed E-state index contributed by atoms with van der Waals surface area (Å²) in [5.74, 6) is 8.09. The molecule has 2 aliphatic rings. The molecule has 3 nitrogen and oxygen atoms in total. The Kier molecular flexibility index (Phi) is 3.52. The summed E-state index contributed by atoms with van der Waals surface area (Å²) >= 11 is 0. The van der Waals surface area contributed by atoms with Gasteiger partial charge >= 0.3 is 0 Å². The van der Waals surface area contributed by atoms with Crippen molar-refractivity contribution in [3.63, 3.8) is 0 Å². The minimum atomic E-state index is 0.404. The van der Waals surface area contributed by atoms with Gasteiger partial charge in [0.25, 0.3) is 0 Å². The third-order valence-electron chi connectivity index (χ3n) is 4.52. The van der Waals surface area contributed by atoms with Crippen LogP contribution in [0.2, 0.25) is 0 Å². The SMILES string of the molecule is NNC(C1CCCC1)C1COc2ccccc2C1. The fourth-order valence-electron chi connectivity index (χ4n) is 3.56. The van der Waals surface area contributed by atoms with Gasteiger partial charge in [-0.2, -0.15) is 0 Å². The molecule has 0 saturated heterocycles. The molecule has 0 amide bonds. The summed E-state index contributed by atoms with van der Waals surface area (Å²) in [4.78, 5) is 0. The second-order valence-corrected chi connectivity index (χ2v) is 5.62. The molecule has 2 unspecified atom stereocenters. The van der Waals surface area contributed by atoms with E-state index in [1.807, 2.05) is 6.07 Å². The Hall–Kier alpha value is -1.06. The molecule has 0 spiro atoms. The molecule has 1 saturated carbocycles. The summed E-state index contributed by atoms with van der Waals surface area (Å²) in [6, 6.07) is 8.76. The quantitative estimate of drug-likeness (QED) is 0.635. The Morgan fingerprint density at radius 1 is 1.17 bits per heavy atom. The van der Waals surface area contributed by atoms with Crippen LogP contribution in [0.1, 0.15) is 31.2 Å². The van der Waals surface area contributed by atoms with E-state index in [0.717, 1.165) is 24.7 Å². The van der Waals surface area contributed by atoms with Crippen LogP contribution in [0, 0.1) is 11.8 Å². The second kappa shape index (κ2) is 5.29. The second-order valence-electron chi connectivity index (χ2n) is 5.62. The van der Waals surface area contributed by atoms with E-state index in [1.165, 1.54) is 31.2 Å². The van der Waals surface area contributed by atoms with Crippen LogP contribution in [0.5, 0.6) is 5.75 Å². The standard InChI is InChI=1S/C15H22N2O/c16-17-15(11-5-1-2-6-11)13-9-12-7-3-4-8-14(12)18-10-13/h3-4,7-8,11,13,15,17H,1-2,5-6,9-10,16H2. The zero-order chi connectivity index (χ0) is 12.4. The molecule has 1 aromatic carbocycles. The number of nitrogens with one attached hydrogen (secondary N) is 1. The van der Waals surface area contributed by atoms with Gasteiger partial charge in [0.05, 0.1) is 6.61 Å². The van der Waals surface area contributed by atoms with Gasteiger partial charge < -0.3 is 4.74 Å². The largest absolute Gasteiger partial charge is 0.493 e. The molecule has 1 heterocycles. The van der Waals surface area contributed by atoms with Gasteiger partial charge in [0.15, 0.2) is 0 Å². The summed E-state index contributed by atoms with van der Waals surface area (Å²) < 4.78 is 5.88. The Morgan fingerprint density at radius 3 is 2.72 bits per heavy atom. The first kappa shape index (κ1) is 12.0. The third-order valence-corrected chi connectivity index (χ3v) is 4.52. The van der Waals surface area contributed by atoms with Crippen molar-refractivity contribution in [1.82, 2.24) is 5.43 Å². The lowest BCUT2D eigenvalue weighted by molar-refractivity contribution is 0.153. The van der Waals surface area contributed by atoms with Gasteiger partial charge in [-0.05, 0) is 36.8 Å². The average Bonchev–Trinajstić information content (AvgIpc) is 2.93. The van der Waals surface area contributed by atoms with Gasteiger partial charge in [-0.15, -0.1) is 0 Å². The number of hydrogen-bond donors (Lipinski definition) is 2. The Balaban J connectivity index is 1.73. The van der Waals surface area contributed by atoms with E-state index in [9.17, 15) is 0 Å². The zero-order valence-corrected chi connectivity index (χ0v) is 10.8. The molecule has 1 aliphatic carbocycles. The Morgan fingerprint density at radius 2 is 1.94 bits per heavy atom. The third kappa shape index (κ3) is 2.25. The number of hydrazine groups is 1. The lowest BCUT2D eigenvalue weighted by Crippen LogP contribution is -2.49. The van der Waals surface area contributed by atoms with Gasteiger partial charge in [-0.1, -0.05) is 31.0 Å². The Bertz CT molecular complexity index is 401. The van der Waals surface area contributed by atoms with E-state index in [2.05, 4.69) is 23.6 Å². The smallest absolute Gasteiger partial charge is 0.122 e. The van der Waals surface area contributed by atoms with Crippen LogP contribution < -0.4 is 16.0 Å². The lowest BCUT2D eigenvalue weighted by Gasteiger charge is -2.34. The molecule has 1 fully saturated rings. The summed E-state index contributed by atoms with van der Waals surface area (Å²) in [7, 11) is 0. The normalized spacial score (nSPS) is 25.5. The van der Waals surface area contributed by atoms with Crippen LogP contribution in [-0.4, -0.2) is 12.6 Å². The van der Waals surface area contributed by atoms with Crippen molar-refractivity contribution in [3.8, 4) is 5.75 Å². The van der Waals surface area contributed by atoms with Gasteiger partial charge in [-0.3, -0.25) is 11.3 Å². The van der Waals surface area contributed by atoms with E-state index < -0.39 is 0 Å². The predicted octanol–water partition coefficient (Wildman–Crippen LogP) is 2.26. The number of benzene rings is 1. The van der Waals surface area contributed by atoms with Crippen LogP contribution in [0.4, 0.5) is 0 Å². The molecule has 18 heavy (non-hydrogen) atoms. The molecule has 3 N–H and O–H groups in total. The highest BCUT2D eigenvalue weighted by molar-refractivity contribution is 5.35. The summed E-state index contributed by atoms with van der Waals surface area (Å²) in [5.41, 5.74) is 4.39. The molecule has 1 aliphatic heterocycles. The minimum Gasteiger partial charge on any atom is -0.493 e. The number of para-hydroxylation sites is 1. The van der Waals surface area contributed by atoms with Gasteiger partial charge in [0, 0.05) is 12.0 Å². The fourth-order valence-corrected chi connectivity index (χ4v) is 3.56. The van der Waals surface area contributed by atoms with E-state index in [1.54, 1.807) is 0 Å². The molecule has 3 rings (SSSR count). The molecule has 2 atom stereocenters. The number of nitrogens with two attached hydrogens (primary N) is 1. The number of rotatable bonds is 3. The van der Waals surface area contributed by atoms with Crippen LogP contribution in [-0.2, 0) is 6.42 Å². The van der Waals surface area contributed by atoms with Crippen LogP contribution in [0.15, 0.2) is 24.3 Å². The maximum absolute atomic E-state index is 5.88. The van der Waals surface area contributed by atoms with Crippen LogP contribution >= 0.6 is 0 Å². The highest BCUT2D eigenvalue weighted by atomic mass is 16.5. The molecule has 0 aromatic heterocycles. The number of fused-ring (bicyclic) bond motifs is 1. The molecule has 0 bridgehead atoms. The van der Waals surface area contributed by atoms with E-state index in [0.29, 0.717) is 12.0 Å². The minimum absolute atomic E-state index is 0.404. The molecule has 1 aromatic rings. The Labute approximate surface area is 109 Å². The van der Waals surface area contributed by atoms with Crippen molar-refractivity contribution < 1.29 is 4.74 Å². The van der Waals surface area contributed by atoms with Crippen molar-refractivity contribution in [2.45, 2.75) is 38.1 Å². The average molecular weight is 246 g/mol. The first-order valence-corrected chi connectivity index (χ1v) is 7.05. The monoisotopic (exact) mass is 246 g/mol. The molecule has 0 radical (unpaired) electrons. The van der Waals surface area contributed by atoms with Crippen molar-refractivity contribution >= 4 is 0 Å². The molecule has 98 valence electrons. The topological polar surface area (TPSA) is 47.3 Å². The molecular weight excluding hydrogens is 224 g/mol. The first-order chi connectivity index (χ1) is 8.88. The van der Waals surface area contributed by atoms with Gasteiger partial charge in [0.1, 0.15) is 5.75 Å². The van der Waals surface area contributed by atoms with Crippen molar-refractivity contribution in [1.29, 1.82) is 0 Å². The number of ether oxygens (including phenoxy) is 1. The maximum Gasteiger partial charge on any atom is 0.122 e. The summed E-state index contributed by atoms with van der Waals surface area (Å²) in [5, 5.41) is 0. The highest BCUT2D eigenvalue weighted by Gasteiger charge is 2.33. The predicted molar refractivity (Wildman–Crippen MR) is 72.2 cm³/mol.